The van der Waals surface area contributed by atoms with Crippen molar-refractivity contribution in [3.8, 4) is 11.4 Å². The molecule has 236 valence electrons. The number of fused-ring (bicyclic) bond motifs is 2. The molecule has 2 aliphatic heterocycles. The van der Waals surface area contributed by atoms with Crippen molar-refractivity contribution < 1.29 is 14.6 Å². The average Bonchev–Trinajstić information content (AvgIpc) is 3.66. The Bertz CT molecular complexity index is 1950. The SMILES string of the molecule is COc1ccc(CN2CCc3c2ccn(-c2ccnc4c2cc([C@H](C)N2CCC(c5ccc(C(=O)O)cc5)CC2)n4C)c3=O)cc1. The standard InChI is InChI=1S/C37H39N5O4/c1-24(40-18-13-27(14-19-40)26-6-8-28(9-7-26)37(44)45)34-22-31-33(12-17-38-35(31)39(34)2)42-21-16-32-30(36(42)43)15-20-41(32)23-25-4-10-29(46-3)11-5-25/h4-12,16-17,21-22,24,27H,13-15,18-20,23H2,1-3H3,(H,44,45)/t24-/m0/s1. The number of nitrogens with zero attached hydrogens (tertiary/aromatic N) is 5. The van der Waals surface area contributed by atoms with Crippen LogP contribution in [-0.2, 0) is 20.0 Å². The third-order valence-electron chi connectivity index (χ3n) is 10.0. The van der Waals surface area contributed by atoms with Gasteiger partial charge in [0.15, 0.2) is 0 Å². The van der Waals surface area contributed by atoms with Gasteiger partial charge in [0.25, 0.3) is 5.56 Å². The molecule has 7 rings (SSSR count). The van der Waals surface area contributed by atoms with Crippen LogP contribution < -0.4 is 15.2 Å². The summed E-state index contributed by atoms with van der Waals surface area (Å²) in [5.74, 6) is 0.365. The number of rotatable bonds is 8. The first-order chi connectivity index (χ1) is 22.3. The van der Waals surface area contributed by atoms with E-state index >= 15 is 0 Å². The molecule has 0 unspecified atom stereocenters. The summed E-state index contributed by atoms with van der Waals surface area (Å²) in [5, 5.41) is 10.2. The second kappa shape index (κ2) is 12.1. The summed E-state index contributed by atoms with van der Waals surface area (Å²) < 4.78 is 9.25. The number of likely N-dealkylation sites (tertiary alicyclic amines) is 1. The molecule has 9 nitrogen and oxygen atoms in total. The third kappa shape index (κ3) is 5.34. The molecule has 5 aromatic rings. The second-order valence-electron chi connectivity index (χ2n) is 12.5. The number of carbonyl (C=O) groups is 1. The summed E-state index contributed by atoms with van der Waals surface area (Å²) in [6, 6.07) is 21.8. The normalized spacial score (nSPS) is 16.1. The summed E-state index contributed by atoms with van der Waals surface area (Å²) in [5.41, 5.74) is 7.48. The van der Waals surface area contributed by atoms with E-state index in [1.807, 2.05) is 36.5 Å². The molecule has 1 atom stereocenters. The fourth-order valence-corrected chi connectivity index (χ4v) is 7.31. The van der Waals surface area contributed by atoms with E-state index in [-0.39, 0.29) is 11.6 Å². The number of hydrogen-bond donors (Lipinski definition) is 1. The largest absolute Gasteiger partial charge is 0.497 e. The van der Waals surface area contributed by atoms with E-state index in [2.05, 4.69) is 52.6 Å². The van der Waals surface area contributed by atoms with Crippen molar-refractivity contribution in [2.45, 2.75) is 44.7 Å². The zero-order valence-corrected chi connectivity index (χ0v) is 26.5. The Hall–Kier alpha value is -4.89. The van der Waals surface area contributed by atoms with Crippen LogP contribution in [0.2, 0.25) is 0 Å². The summed E-state index contributed by atoms with van der Waals surface area (Å²) >= 11 is 0. The zero-order chi connectivity index (χ0) is 31.9. The number of aromatic carboxylic acids is 1. The van der Waals surface area contributed by atoms with Gasteiger partial charge in [-0.05, 0) is 98.8 Å². The Morgan fingerprint density at radius 1 is 1.00 bits per heavy atom. The van der Waals surface area contributed by atoms with Crippen LogP contribution in [-0.4, -0.2) is 56.8 Å². The summed E-state index contributed by atoms with van der Waals surface area (Å²) in [6.45, 7) is 5.70. The quantitative estimate of drug-likeness (QED) is 0.231. The molecule has 9 heteroatoms. The molecule has 2 aromatic carbocycles. The summed E-state index contributed by atoms with van der Waals surface area (Å²) in [7, 11) is 3.73. The van der Waals surface area contributed by atoms with Crippen molar-refractivity contribution in [2.75, 3.05) is 31.6 Å². The number of aromatic nitrogens is 3. The number of pyridine rings is 2. The van der Waals surface area contributed by atoms with Crippen molar-refractivity contribution in [3.63, 3.8) is 0 Å². The molecule has 0 spiro atoms. The molecule has 1 N–H and O–H groups in total. The van der Waals surface area contributed by atoms with Gasteiger partial charge in [-0.15, -0.1) is 0 Å². The molecule has 46 heavy (non-hydrogen) atoms. The molecule has 1 fully saturated rings. The van der Waals surface area contributed by atoms with Gasteiger partial charge in [-0.3, -0.25) is 14.3 Å². The van der Waals surface area contributed by atoms with Gasteiger partial charge < -0.3 is 19.3 Å². The van der Waals surface area contributed by atoms with Gasteiger partial charge >= 0.3 is 5.97 Å². The first kappa shape index (κ1) is 29.8. The highest BCUT2D eigenvalue weighted by atomic mass is 16.5. The highest BCUT2D eigenvalue weighted by Crippen LogP contribution is 2.35. The monoisotopic (exact) mass is 617 g/mol. The van der Waals surface area contributed by atoms with Gasteiger partial charge in [0.05, 0.1) is 18.4 Å². The summed E-state index contributed by atoms with van der Waals surface area (Å²) in [4.78, 5) is 34.7. The Labute approximate surface area is 268 Å². The van der Waals surface area contributed by atoms with Crippen molar-refractivity contribution in [1.29, 1.82) is 0 Å². The summed E-state index contributed by atoms with van der Waals surface area (Å²) in [6.07, 6.45) is 6.46. The molecule has 0 radical (unpaired) electrons. The van der Waals surface area contributed by atoms with Crippen LogP contribution in [0.1, 0.15) is 64.5 Å². The number of carboxylic acids is 1. The van der Waals surface area contributed by atoms with E-state index in [1.165, 1.54) is 16.8 Å². The molecule has 0 saturated carbocycles. The molecule has 0 amide bonds. The Kier molecular flexibility index (Phi) is 7.86. The second-order valence-corrected chi connectivity index (χ2v) is 12.5. The van der Waals surface area contributed by atoms with Gasteiger partial charge in [0.2, 0.25) is 0 Å². The maximum atomic E-state index is 13.9. The number of methoxy groups -OCH3 is 1. The number of aryl methyl sites for hydroxylation is 1. The van der Waals surface area contributed by atoms with E-state index in [4.69, 9.17) is 9.72 Å². The number of benzene rings is 2. The van der Waals surface area contributed by atoms with Crippen molar-refractivity contribution in [1.82, 2.24) is 19.0 Å². The smallest absolute Gasteiger partial charge is 0.335 e. The van der Waals surface area contributed by atoms with Crippen LogP contribution in [0.5, 0.6) is 5.75 Å². The predicted octanol–water partition coefficient (Wildman–Crippen LogP) is 5.93. The first-order valence-corrected chi connectivity index (χ1v) is 16.0. The number of ether oxygens (including phenoxy) is 1. The van der Waals surface area contributed by atoms with Crippen LogP contribution >= 0.6 is 0 Å². The van der Waals surface area contributed by atoms with Crippen LogP contribution in [0.4, 0.5) is 5.69 Å². The molecular formula is C37H39N5O4. The number of carboxylic acid groups (broad SMARTS) is 1. The van der Waals surface area contributed by atoms with Crippen molar-refractivity contribution in [3.05, 3.63) is 117 Å². The lowest BCUT2D eigenvalue weighted by Gasteiger charge is -2.36. The lowest BCUT2D eigenvalue weighted by atomic mass is 9.88. The minimum Gasteiger partial charge on any atom is -0.497 e. The third-order valence-corrected chi connectivity index (χ3v) is 10.0. The lowest BCUT2D eigenvalue weighted by Crippen LogP contribution is -2.35. The molecule has 0 bridgehead atoms. The number of anilines is 1. The maximum absolute atomic E-state index is 13.9. The van der Waals surface area contributed by atoms with Crippen LogP contribution in [0.25, 0.3) is 16.7 Å². The van der Waals surface area contributed by atoms with Crippen LogP contribution in [0, 0.1) is 0 Å². The predicted molar refractivity (Wildman–Crippen MR) is 179 cm³/mol. The Morgan fingerprint density at radius 3 is 2.43 bits per heavy atom. The van der Waals surface area contributed by atoms with E-state index < -0.39 is 5.97 Å². The minimum atomic E-state index is -0.892. The van der Waals surface area contributed by atoms with Crippen molar-refractivity contribution in [2.24, 2.45) is 7.05 Å². The van der Waals surface area contributed by atoms with Gasteiger partial charge in [0.1, 0.15) is 11.4 Å². The number of hydrogen-bond acceptors (Lipinski definition) is 6. The van der Waals surface area contributed by atoms with E-state index in [1.54, 1.807) is 30.0 Å². The molecule has 1 saturated heterocycles. The molecule has 2 aliphatic rings. The molecule has 0 aliphatic carbocycles. The van der Waals surface area contributed by atoms with Crippen LogP contribution in [0.15, 0.2) is 83.9 Å². The average molecular weight is 618 g/mol. The fraction of sp³-hybridized carbons (Fsp3) is 0.324. The van der Waals surface area contributed by atoms with Crippen molar-refractivity contribution >= 4 is 22.7 Å². The first-order valence-electron chi connectivity index (χ1n) is 16.0. The lowest BCUT2D eigenvalue weighted by molar-refractivity contribution is 0.0697. The van der Waals surface area contributed by atoms with Gasteiger partial charge in [-0.25, -0.2) is 9.78 Å². The fourth-order valence-electron chi connectivity index (χ4n) is 7.31. The minimum absolute atomic E-state index is 0.0270. The Morgan fingerprint density at radius 2 is 1.74 bits per heavy atom. The van der Waals surface area contributed by atoms with Gasteiger partial charge in [-0.2, -0.15) is 0 Å². The molecule has 3 aromatic heterocycles. The van der Waals surface area contributed by atoms with E-state index in [0.717, 1.165) is 79.2 Å². The zero-order valence-electron chi connectivity index (χ0n) is 26.5. The number of piperidine rings is 1. The Balaban J connectivity index is 1.11. The van der Waals surface area contributed by atoms with Gasteiger partial charge in [-0.1, -0.05) is 24.3 Å². The maximum Gasteiger partial charge on any atom is 0.335 e. The van der Waals surface area contributed by atoms with E-state index in [0.29, 0.717) is 11.5 Å². The molecule has 5 heterocycles. The topological polar surface area (TPSA) is 92.8 Å². The highest BCUT2D eigenvalue weighted by molar-refractivity contribution is 5.87. The van der Waals surface area contributed by atoms with Crippen LogP contribution in [0.3, 0.4) is 0 Å². The van der Waals surface area contributed by atoms with E-state index in [9.17, 15) is 14.7 Å². The highest BCUT2D eigenvalue weighted by Gasteiger charge is 2.28. The molecular weight excluding hydrogens is 578 g/mol. The van der Waals surface area contributed by atoms with Gasteiger partial charge in [0, 0.05) is 60.9 Å².